The van der Waals surface area contributed by atoms with Crippen molar-refractivity contribution in [3.05, 3.63) is 0 Å². The number of halogens is 1. The van der Waals surface area contributed by atoms with Crippen molar-refractivity contribution in [2.45, 2.75) is 116 Å². The van der Waals surface area contributed by atoms with E-state index in [2.05, 4.69) is 23.6 Å². The SMILES string of the molecule is CCN1CCC([C@H]2COC(=O)C(C)(C)C(=O)[C@H](F)[C@@H](O[C@@H]3O[C@H](C)C[C@H](N(C)C)[C@H]3O)[C@](C)(OC)C[C@@H](C)CN2C)CC1. The number of Topliss-reactive ketones (excluding diaryl/α,β-unsaturated/α-hetero) is 1. The molecule has 0 radical (unpaired) electrons. The molecule has 3 saturated heterocycles. The number of likely N-dealkylation sites (N-methyl/N-ethyl adjacent to an activating group) is 2. The average molecular weight is 616 g/mol. The molecule has 0 spiro atoms. The molecule has 0 aromatic carbocycles. The van der Waals surface area contributed by atoms with Gasteiger partial charge in [0.25, 0.3) is 0 Å². The number of methoxy groups -OCH3 is 1. The molecule has 250 valence electrons. The third-order valence-electron chi connectivity index (χ3n) is 10.2. The van der Waals surface area contributed by atoms with Crippen molar-refractivity contribution < 1.29 is 38.0 Å². The van der Waals surface area contributed by atoms with Crippen molar-refractivity contribution in [2.24, 2.45) is 17.3 Å². The first kappa shape index (κ1) is 36.3. The molecule has 3 aliphatic rings. The highest BCUT2D eigenvalue weighted by atomic mass is 19.1. The summed E-state index contributed by atoms with van der Waals surface area (Å²) in [6.45, 7) is 14.4. The van der Waals surface area contributed by atoms with Crippen LogP contribution >= 0.6 is 0 Å². The normalized spacial score (nSPS) is 40.0. The van der Waals surface area contributed by atoms with E-state index in [0.29, 0.717) is 25.3 Å². The number of aliphatic hydroxyl groups excluding tert-OH is 1. The van der Waals surface area contributed by atoms with Gasteiger partial charge in [-0.25, -0.2) is 4.39 Å². The van der Waals surface area contributed by atoms with E-state index in [9.17, 15) is 14.7 Å². The molecular weight excluding hydrogens is 557 g/mol. The van der Waals surface area contributed by atoms with Gasteiger partial charge in [-0.1, -0.05) is 13.8 Å². The van der Waals surface area contributed by atoms with E-state index in [4.69, 9.17) is 18.9 Å². The molecular formula is C32H58FN3O7. The van der Waals surface area contributed by atoms with Gasteiger partial charge in [0, 0.05) is 25.7 Å². The summed E-state index contributed by atoms with van der Waals surface area (Å²) in [4.78, 5) is 33.8. The molecule has 0 aliphatic carbocycles. The number of rotatable bonds is 6. The van der Waals surface area contributed by atoms with Gasteiger partial charge in [0.1, 0.15) is 24.2 Å². The maximum atomic E-state index is 16.6. The largest absolute Gasteiger partial charge is 0.463 e. The van der Waals surface area contributed by atoms with Crippen molar-refractivity contribution in [1.82, 2.24) is 14.7 Å². The Morgan fingerprint density at radius 1 is 1.14 bits per heavy atom. The van der Waals surface area contributed by atoms with Gasteiger partial charge in [0.15, 0.2) is 18.2 Å². The number of cyclic esters (lactones) is 1. The molecule has 0 amide bonds. The van der Waals surface area contributed by atoms with E-state index in [1.165, 1.54) is 21.0 Å². The van der Waals surface area contributed by atoms with Crippen LogP contribution in [0.5, 0.6) is 0 Å². The molecule has 1 N–H and O–H groups in total. The number of carbonyl (C=O) groups is 2. The number of nitrogens with zero attached hydrogens (tertiary/aromatic N) is 3. The minimum absolute atomic E-state index is 0.0108. The molecule has 3 heterocycles. The van der Waals surface area contributed by atoms with Crippen molar-refractivity contribution in [3.8, 4) is 0 Å². The molecule has 3 rings (SSSR count). The van der Waals surface area contributed by atoms with Gasteiger partial charge >= 0.3 is 5.97 Å². The number of piperidine rings is 1. The number of hydrogen-bond donors (Lipinski definition) is 1. The zero-order valence-electron chi connectivity index (χ0n) is 28.2. The molecule has 0 aromatic rings. The number of ketones is 1. The number of ether oxygens (including phenoxy) is 4. The Morgan fingerprint density at radius 2 is 1.77 bits per heavy atom. The lowest BCUT2D eigenvalue weighted by Gasteiger charge is -2.46. The van der Waals surface area contributed by atoms with Crippen LogP contribution in [0.15, 0.2) is 0 Å². The van der Waals surface area contributed by atoms with Gasteiger partial charge in [-0.3, -0.25) is 14.5 Å². The highest BCUT2D eigenvalue weighted by Gasteiger charge is 2.53. The molecule has 0 aromatic heterocycles. The van der Waals surface area contributed by atoms with Crippen LogP contribution in [0.1, 0.15) is 67.2 Å². The Kier molecular flexibility index (Phi) is 12.6. The first-order chi connectivity index (χ1) is 20.0. The highest BCUT2D eigenvalue weighted by molar-refractivity contribution is 6.05. The van der Waals surface area contributed by atoms with Crippen LogP contribution in [0.4, 0.5) is 4.39 Å². The Balaban J connectivity index is 1.97. The minimum atomic E-state index is -2.24. The Bertz CT molecular complexity index is 931. The van der Waals surface area contributed by atoms with Gasteiger partial charge in [-0.2, -0.15) is 0 Å². The second kappa shape index (κ2) is 14.9. The maximum absolute atomic E-state index is 16.6. The van der Waals surface area contributed by atoms with Gasteiger partial charge in [-0.15, -0.1) is 0 Å². The molecule has 0 saturated carbocycles. The number of hydrogen-bond acceptors (Lipinski definition) is 10. The maximum Gasteiger partial charge on any atom is 0.319 e. The van der Waals surface area contributed by atoms with Crippen LogP contribution in [-0.4, -0.2) is 141 Å². The predicted molar refractivity (Wildman–Crippen MR) is 162 cm³/mol. The molecule has 3 fully saturated rings. The van der Waals surface area contributed by atoms with Gasteiger partial charge in [0.2, 0.25) is 0 Å². The lowest BCUT2D eigenvalue weighted by Crippen LogP contribution is -2.60. The number of carbonyl (C=O) groups excluding carboxylic acids is 2. The van der Waals surface area contributed by atoms with E-state index < -0.39 is 47.4 Å². The van der Waals surface area contributed by atoms with Crippen LogP contribution in [0, 0.1) is 17.3 Å². The van der Waals surface area contributed by atoms with Crippen molar-refractivity contribution in [2.75, 3.05) is 61.0 Å². The monoisotopic (exact) mass is 615 g/mol. The lowest BCUT2D eigenvalue weighted by molar-refractivity contribution is -0.296. The summed E-state index contributed by atoms with van der Waals surface area (Å²) in [5.74, 6) is -1.37. The fourth-order valence-corrected chi connectivity index (χ4v) is 7.22. The molecule has 0 unspecified atom stereocenters. The van der Waals surface area contributed by atoms with Crippen molar-refractivity contribution in [1.29, 1.82) is 0 Å². The van der Waals surface area contributed by atoms with Crippen molar-refractivity contribution in [3.63, 3.8) is 0 Å². The summed E-state index contributed by atoms with van der Waals surface area (Å²) in [6, 6.07) is -0.319. The highest BCUT2D eigenvalue weighted by Crippen LogP contribution is 2.37. The standard InChI is InChI=1S/C32H58FN3O7/c1-11-36-14-12-22(13-15-36)24-19-41-30(39)31(4,5)27(38)25(33)28(32(6,40-10)17-20(2)18-35(24)9)43-29-26(37)23(34(7)8)16-21(3)42-29/h20-26,28-29,37H,11-19H2,1-10H3/t20-,21-,23+,24-,25+,26-,28-,29+,32-/m1/s1. The topological polar surface area (TPSA) is 101 Å². The van der Waals surface area contributed by atoms with Crippen LogP contribution in [-0.2, 0) is 28.5 Å². The smallest absolute Gasteiger partial charge is 0.319 e. The average Bonchev–Trinajstić information content (AvgIpc) is 2.96. The zero-order valence-corrected chi connectivity index (χ0v) is 28.2. The Morgan fingerprint density at radius 3 is 2.33 bits per heavy atom. The quantitative estimate of drug-likeness (QED) is 0.355. The Labute approximate surface area is 258 Å². The lowest BCUT2D eigenvalue weighted by atomic mass is 9.78. The number of alkyl halides is 1. The van der Waals surface area contributed by atoms with Gasteiger partial charge in [-0.05, 0) is 106 Å². The molecule has 9 atom stereocenters. The first-order valence-corrected chi connectivity index (χ1v) is 16.0. The predicted octanol–water partition coefficient (Wildman–Crippen LogP) is 2.75. The zero-order chi connectivity index (χ0) is 32.3. The van der Waals surface area contributed by atoms with Gasteiger partial charge in [0.05, 0.1) is 11.7 Å². The summed E-state index contributed by atoms with van der Waals surface area (Å²) in [6.07, 6.45) is -3.30. The summed E-state index contributed by atoms with van der Waals surface area (Å²) >= 11 is 0. The van der Waals surface area contributed by atoms with Crippen LogP contribution < -0.4 is 0 Å². The van der Waals surface area contributed by atoms with Crippen LogP contribution in [0.2, 0.25) is 0 Å². The fraction of sp³-hybridized carbons (Fsp3) is 0.938. The Hall–Kier alpha value is -1.21. The fourth-order valence-electron chi connectivity index (χ4n) is 7.22. The molecule has 43 heavy (non-hydrogen) atoms. The van der Waals surface area contributed by atoms with Gasteiger partial charge < -0.3 is 33.9 Å². The molecule has 3 aliphatic heterocycles. The van der Waals surface area contributed by atoms with E-state index in [-0.39, 0.29) is 30.7 Å². The summed E-state index contributed by atoms with van der Waals surface area (Å²) in [5, 5.41) is 11.2. The number of likely N-dealkylation sites (tertiary alicyclic amines) is 1. The molecule has 0 bridgehead atoms. The molecule has 10 nitrogen and oxygen atoms in total. The second-order valence-corrected chi connectivity index (χ2v) is 14.2. The summed E-state index contributed by atoms with van der Waals surface area (Å²) < 4.78 is 40.7. The minimum Gasteiger partial charge on any atom is -0.463 e. The van der Waals surface area contributed by atoms with E-state index in [1.807, 2.05) is 33.0 Å². The van der Waals surface area contributed by atoms with E-state index >= 15 is 4.39 Å². The van der Waals surface area contributed by atoms with E-state index in [1.54, 1.807) is 6.92 Å². The number of esters is 1. The third-order valence-corrected chi connectivity index (χ3v) is 10.2. The molecule has 11 heteroatoms. The third kappa shape index (κ3) is 8.34. The second-order valence-electron chi connectivity index (χ2n) is 14.2. The van der Waals surface area contributed by atoms with Crippen LogP contribution in [0.25, 0.3) is 0 Å². The van der Waals surface area contributed by atoms with E-state index in [0.717, 1.165) is 32.5 Å². The summed E-state index contributed by atoms with van der Waals surface area (Å²) in [7, 11) is 7.24. The first-order valence-electron chi connectivity index (χ1n) is 16.0. The van der Waals surface area contributed by atoms with Crippen molar-refractivity contribution >= 4 is 11.8 Å². The number of aliphatic hydroxyl groups is 1. The van der Waals surface area contributed by atoms with Crippen LogP contribution in [0.3, 0.4) is 0 Å². The summed E-state index contributed by atoms with van der Waals surface area (Å²) in [5.41, 5.74) is -3.04.